The molecular formula is C15H24N2O2S2. The van der Waals surface area contributed by atoms with Gasteiger partial charge in [0, 0.05) is 18.3 Å². The van der Waals surface area contributed by atoms with E-state index in [4.69, 9.17) is 0 Å². The zero-order valence-corrected chi connectivity index (χ0v) is 14.3. The molecule has 1 unspecified atom stereocenters. The van der Waals surface area contributed by atoms with Gasteiger partial charge in [0.15, 0.2) is 0 Å². The maximum Gasteiger partial charge on any atom is 0.240 e. The van der Waals surface area contributed by atoms with Crippen LogP contribution in [-0.2, 0) is 16.6 Å². The fraction of sp³-hybridized carbons (Fsp3) is 0.600. The van der Waals surface area contributed by atoms with Gasteiger partial charge >= 0.3 is 0 Å². The Labute approximate surface area is 132 Å². The molecule has 0 radical (unpaired) electrons. The van der Waals surface area contributed by atoms with E-state index >= 15 is 0 Å². The van der Waals surface area contributed by atoms with Crippen molar-refractivity contribution in [2.75, 3.05) is 18.8 Å². The third kappa shape index (κ3) is 4.71. The Morgan fingerprint density at radius 1 is 1.38 bits per heavy atom. The van der Waals surface area contributed by atoms with Crippen molar-refractivity contribution < 1.29 is 8.42 Å². The molecular weight excluding hydrogens is 304 g/mol. The van der Waals surface area contributed by atoms with Crippen LogP contribution in [0.4, 0.5) is 0 Å². The highest BCUT2D eigenvalue weighted by atomic mass is 32.2. The summed E-state index contributed by atoms with van der Waals surface area (Å²) in [5.41, 5.74) is 2.15. The lowest BCUT2D eigenvalue weighted by atomic mass is 10.1. The highest BCUT2D eigenvalue weighted by molar-refractivity contribution is 8.00. The second-order valence-electron chi connectivity index (χ2n) is 5.36. The predicted molar refractivity (Wildman–Crippen MR) is 89.2 cm³/mol. The highest BCUT2D eigenvalue weighted by Gasteiger charge is 2.20. The van der Waals surface area contributed by atoms with Crippen LogP contribution in [0.15, 0.2) is 23.1 Å². The van der Waals surface area contributed by atoms with E-state index in [-0.39, 0.29) is 0 Å². The van der Waals surface area contributed by atoms with Gasteiger partial charge in [-0.05, 0) is 55.3 Å². The number of sulfonamides is 1. The summed E-state index contributed by atoms with van der Waals surface area (Å²) in [7, 11) is -3.40. The molecule has 0 aliphatic carbocycles. The molecule has 6 heteroatoms. The molecule has 1 atom stereocenters. The van der Waals surface area contributed by atoms with Crippen LogP contribution >= 0.6 is 11.8 Å². The summed E-state index contributed by atoms with van der Waals surface area (Å²) in [6.45, 7) is 6.14. The molecule has 4 nitrogen and oxygen atoms in total. The van der Waals surface area contributed by atoms with Crippen LogP contribution in [0.25, 0.3) is 0 Å². The minimum Gasteiger partial charge on any atom is -0.313 e. The van der Waals surface area contributed by atoms with Crippen molar-refractivity contribution in [3.8, 4) is 0 Å². The van der Waals surface area contributed by atoms with Gasteiger partial charge in [-0.3, -0.25) is 0 Å². The Kier molecular flexibility index (Phi) is 6.10. The van der Waals surface area contributed by atoms with Crippen LogP contribution in [-0.4, -0.2) is 32.5 Å². The van der Waals surface area contributed by atoms with Gasteiger partial charge < -0.3 is 5.32 Å². The lowest BCUT2D eigenvalue weighted by Gasteiger charge is -2.13. The second-order valence-corrected chi connectivity index (χ2v) is 8.53. The van der Waals surface area contributed by atoms with Crippen LogP contribution in [0.2, 0.25) is 0 Å². The molecule has 2 N–H and O–H groups in total. The fourth-order valence-corrected chi connectivity index (χ4v) is 4.79. The topological polar surface area (TPSA) is 58.2 Å². The summed E-state index contributed by atoms with van der Waals surface area (Å²) in [5, 5.41) is 3.66. The minimum atomic E-state index is -3.40. The van der Waals surface area contributed by atoms with Gasteiger partial charge in [0.05, 0.1) is 4.90 Å². The van der Waals surface area contributed by atoms with Gasteiger partial charge in [-0.25, -0.2) is 13.1 Å². The van der Waals surface area contributed by atoms with E-state index < -0.39 is 10.0 Å². The Bertz CT molecular complexity index is 567. The Hall–Kier alpha value is -0.560. The van der Waals surface area contributed by atoms with Crippen molar-refractivity contribution in [3.63, 3.8) is 0 Å². The Morgan fingerprint density at radius 3 is 2.86 bits per heavy atom. The monoisotopic (exact) mass is 328 g/mol. The van der Waals surface area contributed by atoms with Gasteiger partial charge in [-0.2, -0.15) is 11.8 Å². The minimum absolute atomic E-state index is 0.365. The number of thioether (sulfide) groups is 1. The molecule has 118 valence electrons. The summed E-state index contributed by atoms with van der Waals surface area (Å²) < 4.78 is 27.5. The van der Waals surface area contributed by atoms with Crippen molar-refractivity contribution in [3.05, 3.63) is 29.3 Å². The van der Waals surface area contributed by atoms with Crippen LogP contribution in [0.1, 0.15) is 30.9 Å². The van der Waals surface area contributed by atoms with Gasteiger partial charge in [0.1, 0.15) is 0 Å². The molecule has 1 aliphatic heterocycles. The number of hydrogen-bond donors (Lipinski definition) is 2. The third-order valence-corrected chi connectivity index (χ3v) is 6.54. The summed E-state index contributed by atoms with van der Waals surface area (Å²) in [5.74, 6) is 1.14. The molecule has 1 heterocycles. The van der Waals surface area contributed by atoms with E-state index in [9.17, 15) is 8.42 Å². The first-order chi connectivity index (χ1) is 10.0. The second kappa shape index (κ2) is 7.63. The van der Waals surface area contributed by atoms with Gasteiger partial charge in [-0.15, -0.1) is 0 Å². The molecule has 21 heavy (non-hydrogen) atoms. The molecule has 0 saturated carbocycles. The van der Waals surface area contributed by atoms with E-state index in [0.717, 1.165) is 29.8 Å². The number of hydrogen-bond acceptors (Lipinski definition) is 4. The van der Waals surface area contributed by atoms with Crippen molar-refractivity contribution >= 4 is 21.8 Å². The summed E-state index contributed by atoms with van der Waals surface area (Å²) in [6, 6.07) is 5.35. The molecule has 1 aromatic rings. The first-order valence-electron chi connectivity index (χ1n) is 7.44. The van der Waals surface area contributed by atoms with E-state index in [1.165, 1.54) is 6.42 Å². The smallest absolute Gasteiger partial charge is 0.240 e. The predicted octanol–water partition coefficient (Wildman–Crippen LogP) is 2.28. The van der Waals surface area contributed by atoms with E-state index in [2.05, 4.69) is 10.0 Å². The zero-order chi connectivity index (χ0) is 15.3. The average Bonchev–Trinajstić information content (AvgIpc) is 2.97. The Morgan fingerprint density at radius 2 is 2.19 bits per heavy atom. The molecule has 0 amide bonds. The van der Waals surface area contributed by atoms with Crippen LogP contribution in [0, 0.1) is 6.92 Å². The molecule has 0 aromatic heterocycles. The SMILES string of the molecule is CCNCc1cc(S(=O)(=O)NCC2CCCS2)ccc1C. The third-order valence-electron chi connectivity index (χ3n) is 3.72. The average molecular weight is 329 g/mol. The fourth-order valence-electron chi connectivity index (χ4n) is 2.36. The maximum atomic E-state index is 12.4. The lowest BCUT2D eigenvalue weighted by molar-refractivity contribution is 0.578. The van der Waals surface area contributed by atoms with Crippen molar-refractivity contribution in [1.29, 1.82) is 0 Å². The largest absolute Gasteiger partial charge is 0.313 e. The summed E-state index contributed by atoms with van der Waals surface area (Å²) in [6.07, 6.45) is 2.29. The summed E-state index contributed by atoms with van der Waals surface area (Å²) >= 11 is 1.86. The van der Waals surface area contributed by atoms with Gasteiger partial charge in [-0.1, -0.05) is 13.0 Å². The standard InChI is InChI=1S/C15H24N2O2S2/c1-3-16-10-13-9-15(7-6-12(13)2)21(18,19)17-11-14-5-4-8-20-14/h6-7,9,14,16-17H,3-5,8,10-11H2,1-2H3. The van der Waals surface area contributed by atoms with E-state index in [1.54, 1.807) is 12.1 Å². The van der Waals surface area contributed by atoms with Gasteiger partial charge in [0.25, 0.3) is 0 Å². The molecule has 0 bridgehead atoms. The van der Waals surface area contributed by atoms with E-state index in [0.29, 0.717) is 23.2 Å². The van der Waals surface area contributed by atoms with Gasteiger partial charge in [0.2, 0.25) is 10.0 Å². The van der Waals surface area contributed by atoms with E-state index in [1.807, 2.05) is 31.7 Å². The highest BCUT2D eigenvalue weighted by Crippen LogP contribution is 2.25. The van der Waals surface area contributed by atoms with Crippen molar-refractivity contribution in [1.82, 2.24) is 10.0 Å². The first-order valence-corrected chi connectivity index (χ1v) is 9.97. The lowest BCUT2D eigenvalue weighted by Crippen LogP contribution is -2.30. The first kappa shape index (κ1) is 16.8. The number of benzene rings is 1. The number of rotatable bonds is 7. The van der Waals surface area contributed by atoms with Crippen molar-refractivity contribution in [2.45, 2.75) is 43.4 Å². The molecule has 1 fully saturated rings. The van der Waals surface area contributed by atoms with Crippen LogP contribution < -0.4 is 10.0 Å². The summed E-state index contributed by atoms with van der Waals surface area (Å²) in [4.78, 5) is 0.365. The molecule has 0 spiro atoms. The van der Waals surface area contributed by atoms with Crippen LogP contribution in [0.3, 0.4) is 0 Å². The molecule has 1 aromatic carbocycles. The molecule has 1 aliphatic rings. The molecule has 2 rings (SSSR count). The number of aryl methyl sites for hydroxylation is 1. The zero-order valence-electron chi connectivity index (χ0n) is 12.7. The maximum absolute atomic E-state index is 12.4. The van der Waals surface area contributed by atoms with Crippen LogP contribution in [0.5, 0.6) is 0 Å². The quantitative estimate of drug-likeness (QED) is 0.806. The Balaban J connectivity index is 2.07. The normalized spacial score (nSPS) is 19.0. The van der Waals surface area contributed by atoms with Crippen molar-refractivity contribution in [2.24, 2.45) is 0 Å². The molecule has 1 saturated heterocycles. The number of nitrogens with one attached hydrogen (secondary N) is 2.